The normalized spacial score (nSPS) is 12.9. The van der Waals surface area contributed by atoms with Crippen LogP contribution in [0.4, 0.5) is 4.39 Å². The van der Waals surface area contributed by atoms with Crippen molar-refractivity contribution in [2.45, 2.75) is 6.42 Å². The fourth-order valence-electron chi connectivity index (χ4n) is 1.24. The number of aliphatic hydroxyl groups excluding tert-OH is 1. The van der Waals surface area contributed by atoms with Crippen LogP contribution in [-0.2, 0) is 6.42 Å². The van der Waals surface area contributed by atoms with E-state index in [0.29, 0.717) is 17.4 Å². The number of aliphatic hydroxyl groups is 1. The Morgan fingerprint density at radius 3 is 2.79 bits per heavy atom. The third-order valence-electron chi connectivity index (χ3n) is 2.13. The van der Waals surface area contributed by atoms with Crippen LogP contribution in [0.5, 0.6) is 0 Å². The Balaban J connectivity index is 2.80. The maximum absolute atomic E-state index is 13.1. The van der Waals surface area contributed by atoms with Gasteiger partial charge < -0.3 is 10.8 Å². The molecule has 0 fully saturated rings. The van der Waals surface area contributed by atoms with Crippen LogP contribution in [0.2, 0.25) is 0 Å². The second-order valence-electron chi connectivity index (χ2n) is 3.20. The molecule has 0 saturated carbocycles. The van der Waals surface area contributed by atoms with Crippen molar-refractivity contribution >= 4 is 15.9 Å². The van der Waals surface area contributed by atoms with Gasteiger partial charge in [-0.15, -0.1) is 0 Å². The monoisotopic (exact) mass is 261 g/mol. The molecule has 0 radical (unpaired) electrons. The molecule has 0 aromatic heterocycles. The number of hydrogen-bond donors (Lipinski definition) is 2. The molecule has 0 aliphatic heterocycles. The highest BCUT2D eigenvalue weighted by molar-refractivity contribution is 9.10. The van der Waals surface area contributed by atoms with Gasteiger partial charge in [-0.2, -0.15) is 0 Å². The van der Waals surface area contributed by atoms with Crippen LogP contribution in [-0.4, -0.2) is 18.3 Å². The summed E-state index contributed by atoms with van der Waals surface area (Å²) in [4.78, 5) is 0. The quantitative estimate of drug-likeness (QED) is 0.867. The molecule has 1 atom stereocenters. The van der Waals surface area contributed by atoms with Crippen molar-refractivity contribution in [3.63, 3.8) is 0 Å². The fourth-order valence-corrected chi connectivity index (χ4v) is 1.67. The van der Waals surface area contributed by atoms with Gasteiger partial charge in [-0.05, 0) is 46.4 Å². The van der Waals surface area contributed by atoms with Crippen LogP contribution in [0.3, 0.4) is 0 Å². The summed E-state index contributed by atoms with van der Waals surface area (Å²) < 4.78 is 13.6. The van der Waals surface area contributed by atoms with E-state index in [1.807, 2.05) is 6.07 Å². The van der Waals surface area contributed by atoms with Gasteiger partial charge in [0.15, 0.2) is 0 Å². The topological polar surface area (TPSA) is 46.2 Å². The van der Waals surface area contributed by atoms with E-state index in [1.54, 1.807) is 6.07 Å². The van der Waals surface area contributed by atoms with Crippen LogP contribution in [0.25, 0.3) is 0 Å². The van der Waals surface area contributed by atoms with Crippen LogP contribution in [0, 0.1) is 11.7 Å². The van der Waals surface area contributed by atoms with Gasteiger partial charge in [0.2, 0.25) is 0 Å². The average Bonchev–Trinajstić information content (AvgIpc) is 2.20. The molecule has 0 heterocycles. The zero-order valence-corrected chi connectivity index (χ0v) is 9.30. The predicted octanol–water partition coefficient (Wildman–Crippen LogP) is 1.70. The first-order valence-electron chi connectivity index (χ1n) is 4.42. The Hall–Kier alpha value is -0.450. The second kappa shape index (κ2) is 5.44. The third-order valence-corrected chi connectivity index (χ3v) is 3.02. The van der Waals surface area contributed by atoms with Crippen molar-refractivity contribution in [2.75, 3.05) is 13.2 Å². The maximum Gasteiger partial charge on any atom is 0.137 e. The first kappa shape index (κ1) is 11.6. The van der Waals surface area contributed by atoms with Gasteiger partial charge in [-0.3, -0.25) is 0 Å². The van der Waals surface area contributed by atoms with Crippen molar-refractivity contribution in [2.24, 2.45) is 11.7 Å². The molecular weight excluding hydrogens is 249 g/mol. The molecule has 0 amide bonds. The molecule has 0 bridgehead atoms. The summed E-state index contributed by atoms with van der Waals surface area (Å²) in [5.74, 6) is -0.288. The summed E-state index contributed by atoms with van der Waals surface area (Å²) in [6.45, 7) is 0.429. The number of benzene rings is 1. The van der Waals surface area contributed by atoms with Gasteiger partial charge in [0.25, 0.3) is 0 Å². The van der Waals surface area contributed by atoms with Crippen molar-refractivity contribution in [1.82, 2.24) is 0 Å². The molecule has 1 rings (SSSR count). The van der Waals surface area contributed by atoms with Crippen LogP contribution in [0.1, 0.15) is 5.56 Å². The summed E-state index contributed by atoms with van der Waals surface area (Å²) in [5, 5.41) is 8.96. The Kier molecular flexibility index (Phi) is 4.51. The van der Waals surface area contributed by atoms with Crippen LogP contribution in [0.15, 0.2) is 22.7 Å². The molecule has 14 heavy (non-hydrogen) atoms. The minimum absolute atomic E-state index is 0.00639. The summed E-state index contributed by atoms with van der Waals surface area (Å²) in [6, 6.07) is 4.87. The molecule has 1 unspecified atom stereocenters. The first-order valence-corrected chi connectivity index (χ1v) is 5.22. The smallest absolute Gasteiger partial charge is 0.137 e. The van der Waals surface area contributed by atoms with E-state index < -0.39 is 0 Å². The number of halogens is 2. The Morgan fingerprint density at radius 2 is 2.21 bits per heavy atom. The molecule has 2 nitrogen and oxygen atoms in total. The molecule has 3 N–H and O–H groups in total. The molecule has 0 aliphatic carbocycles. The number of hydrogen-bond acceptors (Lipinski definition) is 2. The van der Waals surface area contributed by atoms with Crippen molar-refractivity contribution < 1.29 is 9.50 Å². The second-order valence-corrected chi connectivity index (χ2v) is 3.99. The van der Waals surface area contributed by atoms with E-state index in [2.05, 4.69) is 15.9 Å². The number of rotatable bonds is 4. The summed E-state index contributed by atoms with van der Waals surface area (Å²) >= 11 is 3.17. The van der Waals surface area contributed by atoms with Gasteiger partial charge in [-0.25, -0.2) is 4.39 Å². The van der Waals surface area contributed by atoms with Crippen molar-refractivity contribution in [3.8, 4) is 0 Å². The highest BCUT2D eigenvalue weighted by atomic mass is 79.9. The standard InChI is InChI=1S/C10H13BrFNO/c11-10-8(2-1-3-9(10)12)4-7(5-13)6-14/h1-3,7,14H,4-6,13H2. The third kappa shape index (κ3) is 2.77. The van der Waals surface area contributed by atoms with Crippen molar-refractivity contribution in [3.05, 3.63) is 34.1 Å². The zero-order chi connectivity index (χ0) is 10.6. The van der Waals surface area contributed by atoms with E-state index in [0.717, 1.165) is 5.56 Å². The molecule has 4 heteroatoms. The number of nitrogens with two attached hydrogens (primary N) is 1. The highest BCUT2D eigenvalue weighted by Gasteiger charge is 2.10. The maximum atomic E-state index is 13.1. The summed E-state index contributed by atoms with van der Waals surface area (Å²) in [6.07, 6.45) is 0.589. The molecule has 1 aromatic rings. The SMILES string of the molecule is NCC(CO)Cc1cccc(F)c1Br. The highest BCUT2D eigenvalue weighted by Crippen LogP contribution is 2.22. The van der Waals surface area contributed by atoms with E-state index in [9.17, 15) is 4.39 Å². The van der Waals surface area contributed by atoms with Crippen LogP contribution >= 0.6 is 15.9 Å². The fraction of sp³-hybridized carbons (Fsp3) is 0.400. The lowest BCUT2D eigenvalue weighted by atomic mass is 10.0. The van der Waals surface area contributed by atoms with Gasteiger partial charge in [0.05, 0.1) is 4.47 Å². The lowest BCUT2D eigenvalue weighted by Crippen LogP contribution is -2.20. The van der Waals surface area contributed by atoms with Crippen molar-refractivity contribution in [1.29, 1.82) is 0 Å². The molecule has 0 saturated heterocycles. The summed E-state index contributed by atoms with van der Waals surface area (Å²) in [5.41, 5.74) is 6.29. The lowest BCUT2D eigenvalue weighted by Gasteiger charge is -2.12. The molecular formula is C10H13BrFNO. The minimum atomic E-state index is -0.281. The van der Waals surface area contributed by atoms with Gasteiger partial charge >= 0.3 is 0 Å². The molecule has 0 aliphatic rings. The minimum Gasteiger partial charge on any atom is -0.396 e. The van der Waals surface area contributed by atoms with E-state index in [-0.39, 0.29) is 18.3 Å². The molecule has 0 spiro atoms. The predicted molar refractivity (Wildman–Crippen MR) is 57.4 cm³/mol. The lowest BCUT2D eigenvalue weighted by molar-refractivity contribution is 0.229. The Labute approximate surface area is 91.1 Å². The first-order chi connectivity index (χ1) is 6.69. The van der Waals surface area contributed by atoms with E-state index >= 15 is 0 Å². The Bertz CT molecular complexity index is 302. The van der Waals surface area contributed by atoms with Crippen LogP contribution < -0.4 is 5.73 Å². The van der Waals surface area contributed by atoms with Gasteiger partial charge in [0.1, 0.15) is 5.82 Å². The van der Waals surface area contributed by atoms with Gasteiger partial charge in [0, 0.05) is 6.61 Å². The summed E-state index contributed by atoms with van der Waals surface area (Å²) in [7, 11) is 0. The molecule has 1 aromatic carbocycles. The van der Waals surface area contributed by atoms with E-state index in [4.69, 9.17) is 10.8 Å². The Morgan fingerprint density at radius 1 is 1.50 bits per heavy atom. The largest absolute Gasteiger partial charge is 0.396 e. The molecule has 78 valence electrons. The zero-order valence-electron chi connectivity index (χ0n) is 7.71. The van der Waals surface area contributed by atoms with Gasteiger partial charge in [-0.1, -0.05) is 12.1 Å². The average molecular weight is 262 g/mol. The van der Waals surface area contributed by atoms with E-state index in [1.165, 1.54) is 6.07 Å².